The average Bonchev–Trinajstić information content (AvgIpc) is 2.71. The van der Waals surface area contributed by atoms with Gasteiger partial charge in [0.05, 0.1) is 18.8 Å². The zero-order valence-electron chi connectivity index (χ0n) is 18.7. The number of amides is 2. The zero-order valence-corrected chi connectivity index (χ0v) is 18.7. The van der Waals surface area contributed by atoms with Gasteiger partial charge in [0.1, 0.15) is 24.1 Å². The van der Waals surface area contributed by atoms with E-state index in [-0.39, 0.29) is 11.6 Å². The lowest BCUT2D eigenvalue weighted by Gasteiger charge is -2.31. The maximum absolute atomic E-state index is 12.4. The van der Waals surface area contributed by atoms with Crippen molar-refractivity contribution in [3.63, 3.8) is 0 Å². The number of carbonyl (C=O) groups is 2. The molecule has 0 aromatic heterocycles. The second-order valence-corrected chi connectivity index (χ2v) is 8.18. The number of hydrogen-bond acceptors (Lipinski definition) is 6. The lowest BCUT2D eigenvalue weighted by atomic mass is 9.96. The number of nitrogens with one attached hydrogen (secondary N) is 1. The summed E-state index contributed by atoms with van der Waals surface area (Å²) >= 11 is 0. The highest BCUT2D eigenvalue weighted by molar-refractivity contribution is 6.06. The molecule has 1 aliphatic rings. The van der Waals surface area contributed by atoms with Crippen LogP contribution in [0.15, 0.2) is 41.6 Å². The van der Waals surface area contributed by atoms with Crippen LogP contribution in [0.3, 0.4) is 0 Å². The van der Waals surface area contributed by atoms with Crippen LogP contribution < -0.4 is 10.1 Å². The summed E-state index contributed by atoms with van der Waals surface area (Å²) in [6.07, 6.45) is 3.88. The van der Waals surface area contributed by atoms with Crippen LogP contribution >= 0.6 is 0 Å². The number of hydroxylamine groups is 2. The number of hydrogen-bond donors (Lipinski definition) is 3. The first-order valence-corrected chi connectivity index (χ1v) is 10.2. The molecule has 3 N–H and O–H groups in total. The Morgan fingerprint density at radius 2 is 1.94 bits per heavy atom. The first-order valence-electron chi connectivity index (χ1n) is 10.2. The molecule has 0 aliphatic carbocycles. The number of piperazine rings is 1. The van der Waals surface area contributed by atoms with E-state index in [4.69, 9.17) is 9.57 Å². The van der Waals surface area contributed by atoms with E-state index in [1.54, 1.807) is 51.1 Å². The minimum Gasteiger partial charge on any atom is -0.490 e. The van der Waals surface area contributed by atoms with E-state index in [1.807, 2.05) is 13.0 Å². The minimum atomic E-state index is -1.11. The quantitative estimate of drug-likeness (QED) is 0.408. The maximum Gasteiger partial charge on any atom is 0.294 e. The molecule has 1 heterocycles. The van der Waals surface area contributed by atoms with Gasteiger partial charge in [-0.15, -0.1) is 0 Å². The van der Waals surface area contributed by atoms with Crippen LogP contribution in [0, 0.1) is 0 Å². The SMILES string of the molecule is CON1C(=O)/C(=C/c2ccc(OC/C=C(\C)CC[C@H](O)C(C)(C)O)cc2)NC(=O)[C@@H]1C. The van der Waals surface area contributed by atoms with E-state index in [0.29, 0.717) is 25.2 Å². The lowest BCUT2D eigenvalue weighted by Crippen LogP contribution is -2.55. The van der Waals surface area contributed by atoms with Gasteiger partial charge in [-0.2, -0.15) is 0 Å². The Labute approximate surface area is 183 Å². The summed E-state index contributed by atoms with van der Waals surface area (Å²) in [7, 11) is 1.35. The van der Waals surface area contributed by atoms with Crippen LogP contribution in [0.5, 0.6) is 5.75 Å². The Morgan fingerprint density at radius 3 is 2.52 bits per heavy atom. The van der Waals surface area contributed by atoms with Crippen LogP contribution in [0.4, 0.5) is 0 Å². The number of aliphatic hydroxyl groups excluding tert-OH is 1. The van der Waals surface area contributed by atoms with Gasteiger partial charge in [-0.05, 0) is 70.4 Å². The van der Waals surface area contributed by atoms with Crippen molar-refractivity contribution in [2.45, 2.75) is 58.3 Å². The van der Waals surface area contributed by atoms with Crippen molar-refractivity contribution in [3.8, 4) is 5.75 Å². The fourth-order valence-corrected chi connectivity index (χ4v) is 2.96. The van der Waals surface area contributed by atoms with E-state index in [2.05, 4.69) is 5.32 Å². The highest BCUT2D eigenvalue weighted by Gasteiger charge is 2.35. The van der Waals surface area contributed by atoms with Gasteiger partial charge < -0.3 is 20.3 Å². The van der Waals surface area contributed by atoms with E-state index >= 15 is 0 Å². The monoisotopic (exact) mass is 432 g/mol. The van der Waals surface area contributed by atoms with Crippen molar-refractivity contribution in [1.29, 1.82) is 0 Å². The Bertz CT molecular complexity index is 839. The fraction of sp³-hybridized carbons (Fsp3) is 0.478. The Hall–Kier alpha value is -2.68. The molecule has 1 saturated heterocycles. The molecule has 1 aromatic rings. The van der Waals surface area contributed by atoms with Gasteiger partial charge in [0.2, 0.25) is 5.91 Å². The van der Waals surface area contributed by atoms with E-state index in [0.717, 1.165) is 16.2 Å². The Balaban J connectivity index is 1.91. The minimum absolute atomic E-state index is 0.144. The predicted octanol–water partition coefficient (Wildman–Crippen LogP) is 2.17. The second kappa shape index (κ2) is 10.6. The van der Waals surface area contributed by atoms with E-state index < -0.39 is 23.7 Å². The first kappa shape index (κ1) is 24.6. The third-order valence-electron chi connectivity index (χ3n) is 5.12. The summed E-state index contributed by atoms with van der Waals surface area (Å²) in [5.41, 5.74) is 0.825. The third-order valence-corrected chi connectivity index (χ3v) is 5.12. The molecule has 1 fully saturated rings. The molecule has 2 rings (SSSR count). The summed E-state index contributed by atoms with van der Waals surface area (Å²) in [6.45, 7) is 7.10. The molecule has 170 valence electrons. The summed E-state index contributed by atoms with van der Waals surface area (Å²) in [4.78, 5) is 29.4. The normalized spacial score (nSPS) is 20.1. The van der Waals surface area contributed by atoms with Gasteiger partial charge in [-0.25, -0.2) is 5.06 Å². The molecular weight excluding hydrogens is 400 g/mol. The van der Waals surface area contributed by atoms with E-state index in [1.165, 1.54) is 7.11 Å². The topological polar surface area (TPSA) is 108 Å². The van der Waals surface area contributed by atoms with E-state index in [9.17, 15) is 19.8 Å². The number of benzene rings is 1. The number of aliphatic hydroxyl groups is 2. The number of ether oxygens (including phenoxy) is 1. The molecule has 0 unspecified atom stereocenters. The molecule has 0 bridgehead atoms. The summed E-state index contributed by atoms with van der Waals surface area (Å²) in [5.74, 6) is -0.0657. The maximum atomic E-state index is 12.4. The Morgan fingerprint density at radius 1 is 1.29 bits per heavy atom. The lowest BCUT2D eigenvalue weighted by molar-refractivity contribution is -0.190. The van der Waals surface area contributed by atoms with Gasteiger partial charge in [-0.1, -0.05) is 17.7 Å². The highest BCUT2D eigenvalue weighted by Crippen LogP contribution is 2.19. The van der Waals surface area contributed by atoms with Crippen molar-refractivity contribution in [2.24, 2.45) is 0 Å². The largest absolute Gasteiger partial charge is 0.490 e. The molecular formula is C23H32N2O6. The average molecular weight is 433 g/mol. The van der Waals surface area contributed by atoms with Crippen molar-refractivity contribution < 1.29 is 29.4 Å². The molecule has 0 spiro atoms. The smallest absolute Gasteiger partial charge is 0.294 e. The first-order chi connectivity index (χ1) is 14.5. The Kier molecular flexibility index (Phi) is 8.38. The molecule has 1 aliphatic heterocycles. The molecule has 8 nitrogen and oxygen atoms in total. The zero-order chi connectivity index (χ0) is 23.2. The van der Waals surface area contributed by atoms with Crippen LogP contribution in [0.2, 0.25) is 0 Å². The second-order valence-electron chi connectivity index (χ2n) is 8.18. The van der Waals surface area contributed by atoms with Crippen LogP contribution in [-0.2, 0) is 14.4 Å². The van der Waals surface area contributed by atoms with Crippen molar-refractivity contribution in [3.05, 3.63) is 47.2 Å². The standard InChI is InChI=1S/C23H32N2O6/c1-15(6-11-20(26)23(3,4)29)12-13-31-18-9-7-17(8-10-18)14-19-22(28)25(30-5)16(2)21(27)24-19/h7-10,12,14,16,20,26,29H,6,11,13H2,1-5H3,(H,24,27)/b15-12+,19-14-/t16-,20-/m0/s1. The molecule has 1 aromatic carbocycles. The summed E-state index contributed by atoms with van der Waals surface area (Å²) in [5, 5.41) is 23.3. The molecule has 2 atom stereocenters. The van der Waals surface area contributed by atoms with Crippen molar-refractivity contribution in [1.82, 2.24) is 10.4 Å². The van der Waals surface area contributed by atoms with Gasteiger partial charge >= 0.3 is 0 Å². The van der Waals surface area contributed by atoms with Crippen LogP contribution in [0.25, 0.3) is 6.08 Å². The predicted molar refractivity (Wildman–Crippen MR) is 117 cm³/mol. The third kappa shape index (κ3) is 6.92. The van der Waals surface area contributed by atoms with Gasteiger partial charge in [0, 0.05) is 0 Å². The van der Waals surface area contributed by atoms with Gasteiger partial charge in [0.15, 0.2) is 0 Å². The number of nitrogens with zero attached hydrogens (tertiary/aromatic N) is 1. The number of carbonyl (C=O) groups excluding carboxylic acids is 2. The van der Waals surface area contributed by atoms with Crippen LogP contribution in [0.1, 0.15) is 46.1 Å². The highest BCUT2D eigenvalue weighted by atomic mass is 16.7. The fourth-order valence-electron chi connectivity index (χ4n) is 2.96. The van der Waals surface area contributed by atoms with Gasteiger partial charge in [-0.3, -0.25) is 14.4 Å². The summed E-state index contributed by atoms with van der Waals surface area (Å²) < 4.78 is 5.71. The molecule has 0 saturated carbocycles. The number of rotatable bonds is 9. The summed E-state index contributed by atoms with van der Waals surface area (Å²) in [6, 6.07) is 6.43. The molecule has 0 radical (unpaired) electrons. The number of allylic oxidation sites excluding steroid dienone is 1. The molecule has 2 amide bonds. The molecule has 8 heteroatoms. The van der Waals surface area contributed by atoms with Crippen molar-refractivity contribution in [2.75, 3.05) is 13.7 Å². The van der Waals surface area contributed by atoms with Crippen LogP contribution in [-0.4, -0.2) is 58.6 Å². The van der Waals surface area contributed by atoms with Crippen molar-refractivity contribution >= 4 is 17.9 Å². The van der Waals surface area contributed by atoms with Gasteiger partial charge in [0.25, 0.3) is 5.91 Å². The molecule has 31 heavy (non-hydrogen) atoms.